The van der Waals surface area contributed by atoms with Gasteiger partial charge in [-0.05, 0) is 37.1 Å². The summed E-state index contributed by atoms with van der Waals surface area (Å²) >= 11 is 6.04. The number of hydrogen-bond donors (Lipinski definition) is 2. The number of carbonyl (C=O) groups is 1. The molecule has 0 heterocycles. The minimum atomic E-state index is -0.0342. The number of carbonyl (C=O) groups excluding carboxylic acids is 1. The molecule has 0 aromatic heterocycles. The summed E-state index contributed by atoms with van der Waals surface area (Å²) in [5.41, 5.74) is 7.30. The van der Waals surface area contributed by atoms with Crippen molar-refractivity contribution >= 4 is 23.2 Å². The van der Waals surface area contributed by atoms with Crippen molar-refractivity contribution in [3.05, 3.63) is 28.8 Å². The van der Waals surface area contributed by atoms with Crippen LogP contribution in [0.15, 0.2) is 18.2 Å². The van der Waals surface area contributed by atoms with E-state index < -0.39 is 0 Å². The zero-order chi connectivity index (χ0) is 12.8. The molecule has 0 aliphatic carbocycles. The fourth-order valence-corrected chi connectivity index (χ4v) is 1.86. The summed E-state index contributed by atoms with van der Waals surface area (Å²) in [5, 5.41) is 3.38. The predicted octanol–water partition coefficient (Wildman–Crippen LogP) is 2.96. The molecule has 1 rings (SSSR count). The fourth-order valence-electron chi connectivity index (χ4n) is 1.58. The molecule has 1 amide bonds. The highest BCUT2D eigenvalue weighted by molar-refractivity contribution is 6.33. The Morgan fingerprint density at radius 1 is 1.53 bits per heavy atom. The lowest BCUT2D eigenvalue weighted by molar-refractivity contribution is -0.117. The second kappa shape index (κ2) is 6.62. The van der Waals surface area contributed by atoms with Crippen molar-refractivity contribution in [3.63, 3.8) is 0 Å². The van der Waals surface area contributed by atoms with E-state index >= 15 is 0 Å². The van der Waals surface area contributed by atoms with Crippen LogP contribution in [0.4, 0.5) is 5.69 Å². The van der Waals surface area contributed by atoms with Crippen LogP contribution in [0, 0.1) is 12.8 Å². The van der Waals surface area contributed by atoms with Gasteiger partial charge in [0.2, 0.25) is 5.91 Å². The molecule has 0 aliphatic rings. The average Bonchev–Trinajstić information content (AvgIpc) is 2.29. The SMILES string of the molecule is CCC(CN)CC(=O)Nc1ccc(C)cc1Cl. The Balaban J connectivity index is 2.62. The molecule has 0 spiro atoms. The first kappa shape index (κ1) is 14.0. The third kappa shape index (κ3) is 4.36. The summed E-state index contributed by atoms with van der Waals surface area (Å²) in [4.78, 5) is 11.8. The van der Waals surface area contributed by atoms with E-state index in [0.717, 1.165) is 12.0 Å². The van der Waals surface area contributed by atoms with Gasteiger partial charge in [0.25, 0.3) is 0 Å². The summed E-state index contributed by atoms with van der Waals surface area (Å²) in [6, 6.07) is 5.57. The van der Waals surface area contributed by atoms with Crippen molar-refractivity contribution in [1.82, 2.24) is 0 Å². The molecular weight excluding hydrogens is 236 g/mol. The fraction of sp³-hybridized carbons (Fsp3) is 0.462. The van der Waals surface area contributed by atoms with Crippen molar-refractivity contribution in [1.29, 1.82) is 0 Å². The van der Waals surface area contributed by atoms with E-state index in [1.165, 1.54) is 0 Å². The Morgan fingerprint density at radius 2 is 2.24 bits per heavy atom. The number of halogens is 1. The van der Waals surface area contributed by atoms with E-state index in [4.69, 9.17) is 17.3 Å². The molecule has 1 aromatic rings. The van der Waals surface area contributed by atoms with Gasteiger partial charge in [-0.2, -0.15) is 0 Å². The normalized spacial score (nSPS) is 12.2. The molecule has 0 saturated heterocycles. The van der Waals surface area contributed by atoms with Crippen LogP contribution in [0.3, 0.4) is 0 Å². The molecule has 1 unspecified atom stereocenters. The molecule has 0 saturated carbocycles. The van der Waals surface area contributed by atoms with Gasteiger partial charge in [0.15, 0.2) is 0 Å². The predicted molar refractivity (Wildman–Crippen MR) is 72.3 cm³/mol. The van der Waals surface area contributed by atoms with E-state index in [1.54, 1.807) is 0 Å². The van der Waals surface area contributed by atoms with E-state index in [-0.39, 0.29) is 11.8 Å². The molecule has 0 bridgehead atoms. The summed E-state index contributed by atoms with van der Waals surface area (Å²) in [6.45, 7) is 4.52. The lowest BCUT2D eigenvalue weighted by atomic mass is 10.0. The van der Waals surface area contributed by atoms with Crippen LogP contribution in [0.25, 0.3) is 0 Å². The van der Waals surface area contributed by atoms with Gasteiger partial charge in [0.05, 0.1) is 10.7 Å². The van der Waals surface area contributed by atoms with Crippen molar-refractivity contribution in [2.75, 3.05) is 11.9 Å². The minimum absolute atomic E-state index is 0.0342. The molecule has 94 valence electrons. The summed E-state index contributed by atoms with van der Waals surface area (Å²) < 4.78 is 0. The zero-order valence-electron chi connectivity index (χ0n) is 10.3. The summed E-state index contributed by atoms with van der Waals surface area (Å²) in [6.07, 6.45) is 1.35. The molecule has 0 fully saturated rings. The van der Waals surface area contributed by atoms with E-state index in [0.29, 0.717) is 23.7 Å². The van der Waals surface area contributed by atoms with Crippen LogP contribution in [0.1, 0.15) is 25.3 Å². The third-order valence-corrected chi connectivity index (χ3v) is 3.10. The largest absolute Gasteiger partial charge is 0.330 e. The summed E-state index contributed by atoms with van der Waals surface area (Å²) in [7, 11) is 0. The number of nitrogens with one attached hydrogen (secondary N) is 1. The van der Waals surface area contributed by atoms with Gasteiger partial charge in [0.1, 0.15) is 0 Å². The van der Waals surface area contributed by atoms with Crippen LogP contribution in [-0.4, -0.2) is 12.5 Å². The number of anilines is 1. The molecule has 17 heavy (non-hydrogen) atoms. The average molecular weight is 255 g/mol. The standard InChI is InChI=1S/C13H19ClN2O/c1-3-10(8-15)7-13(17)16-12-5-4-9(2)6-11(12)14/h4-6,10H,3,7-8,15H2,1-2H3,(H,16,17). The highest BCUT2D eigenvalue weighted by atomic mass is 35.5. The highest BCUT2D eigenvalue weighted by Gasteiger charge is 2.11. The zero-order valence-corrected chi connectivity index (χ0v) is 11.1. The van der Waals surface area contributed by atoms with Crippen molar-refractivity contribution in [2.45, 2.75) is 26.7 Å². The maximum atomic E-state index is 11.8. The Hall–Kier alpha value is -1.06. The first-order valence-corrected chi connectivity index (χ1v) is 6.20. The lowest BCUT2D eigenvalue weighted by Crippen LogP contribution is -2.21. The van der Waals surface area contributed by atoms with Crippen LogP contribution in [0.2, 0.25) is 5.02 Å². The summed E-state index contributed by atoms with van der Waals surface area (Å²) in [5.74, 6) is 0.201. The first-order valence-electron chi connectivity index (χ1n) is 5.82. The molecule has 1 aromatic carbocycles. The molecule has 0 aliphatic heterocycles. The van der Waals surface area contributed by atoms with Gasteiger partial charge in [-0.15, -0.1) is 0 Å². The molecule has 0 radical (unpaired) electrons. The monoisotopic (exact) mass is 254 g/mol. The van der Waals surface area contributed by atoms with Crippen LogP contribution in [-0.2, 0) is 4.79 Å². The second-order valence-corrected chi connectivity index (χ2v) is 4.65. The number of amides is 1. The van der Waals surface area contributed by atoms with Crippen LogP contribution in [0.5, 0.6) is 0 Å². The Bertz CT molecular complexity index is 389. The highest BCUT2D eigenvalue weighted by Crippen LogP contribution is 2.23. The topological polar surface area (TPSA) is 55.1 Å². The Labute approximate surface area is 107 Å². The molecule has 1 atom stereocenters. The Kier molecular flexibility index (Phi) is 5.45. The van der Waals surface area contributed by atoms with Gasteiger partial charge in [-0.1, -0.05) is 31.0 Å². The van der Waals surface area contributed by atoms with Gasteiger partial charge in [-0.25, -0.2) is 0 Å². The number of benzene rings is 1. The number of nitrogens with two attached hydrogens (primary N) is 1. The number of hydrogen-bond acceptors (Lipinski definition) is 2. The van der Waals surface area contributed by atoms with E-state index in [2.05, 4.69) is 5.32 Å². The molecular formula is C13H19ClN2O. The van der Waals surface area contributed by atoms with Gasteiger partial charge in [-0.3, -0.25) is 4.79 Å². The van der Waals surface area contributed by atoms with Gasteiger partial charge >= 0.3 is 0 Å². The number of rotatable bonds is 5. The Morgan fingerprint density at radius 3 is 2.76 bits per heavy atom. The smallest absolute Gasteiger partial charge is 0.224 e. The van der Waals surface area contributed by atoms with Gasteiger partial charge in [0, 0.05) is 6.42 Å². The maximum Gasteiger partial charge on any atom is 0.224 e. The quantitative estimate of drug-likeness (QED) is 0.849. The first-order chi connectivity index (χ1) is 8.06. The second-order valence-electron chi connectivity index (χ2n) is 4.25. The van der Waals surface area contributed by atoms with Crippen LogP contribution < -0.4 is 11.1 Å². The minimum Gasteiger partial charge on any atom is -0.330 e. The number of aryl methyl sites for hydroxylation is 1. The van der Waals surface area contributed by atoms with Crippen LogP contribution >= 0.6 is 11.6 Å². The molecule has 3 nitrogen and oxygen atoms in total. The van der Waals surface area contributed by atoms with Crippen molar-refractivity contribution in [3.8, 4) is 0 Å². The third-order valence-electron chi connectivity index (χ3n) is 2.78. The van der Waals surface area contributed by atoms with Crippen molar-refractivity contribution < 1.29 is 4.79 Å². The molecule has 4 heteroatoms. The molecule has 3 N–H and O–H groups in total. The van der Waals surface area contributed by atoms with Gasteiger partial charge < -0.3 is 11.1 Å². The lowest BCUT2D eigenvalue weighted by Gasteiger charge is -2.13. The maximum absolute atomic E-state index is 11.8. The van der Waals surface area contributed by atoms with Crippen molar-refractivity contribution in [2.24, 2.45) is 11.7 Å². The van der Waals surface area contributed by atoms with E-state index in [1.807, 2.05) is 32.0 Å². The van der Waals surface area contributed by atoms with E-state index in [9.17, 15) is 4.79 Å².